The van der Waals surface area contributed by atoms with Crippen LogP contribution in [-0.2, 0) is 6.42 Å². The fourth-order valence-corrected chi connectivity index (χ4v) is 1.64. The Kier molecular flexibility index (Phi) is 3.39. The minimum Gasteiger partial charge on any atom is -0.506 e. The monoisotopic (exact) mass is 235 g/mol. The second-order valence-corrected chi connectivity index (χ2v) is 3.75. The standard InChI is InChI=1S/C12H14FN3O/c13-12-9(4-3-7-14)8-15-16(12)10-5-1-2-6-11(10)17/h1-2,5-6,8,17H,3-4,7,14H2. The number of para-hydroxylation sites is 2. The molecular weight excluding hydrogens is 221 g/mol. The summed E-state index contributed by atoms with van der Waals surface area (Å²) in [6.07, 6.45) is 2.73. The minimum atomic E-state index is -0.444. The number of phenolic OH excluding ortho intramolecular Hbond substituents is 1. The first-order valence-electron chi connectivity index (χ1n) is 5.45. The molecule has 0 fully saturated rings. The lowest BCUT2D eigenvalue weighted by atomic mass is 10.2. The third kappa shape index (κ3) is 2.29. The fourth-order valence-electron chi connectivity index (χ4n) is 1.64. The maximum absolute atomic E-state index is 14.0. The third-order valence-electron chi connectivity index (χ3n) is 2.54. The summed E-state index contributed by atoms with van der Waals surface area (Å²) in [5, 5.41) is 13.6. The van der Waals surface area contributed by atoms with E-state index in [1.54, 1.807) is 18.2 Å². The first-order chi connectivity index (χ1) is 8.24. The number of phenols is 1. The maximum atomic E-state index is 14.0. The van der Waals surface area contributed by atoms with Crippen LogP contribution in [0.1, 0.15) is 12.0 Å². The van der Waals surface area contributed by atoms with Crippen molar-refractivity contribution in [1.82, 2.24) is 9.78 Å². The van der Waals surface area contributed by atoms with Crippen LogP contribution in [0.2, 0.25) is 0 Å². The lowest BCUT2D eigenvalue weighted by molar-refractivity contribution is 0.459. The first kappa shape index (κ1) is 11.6. The van der Waals surface area contributed by atoms with E-state index in [-0.39, 0.29) is 5.75 Å². The number of hydrogen-bond acceptors (Lipinski definition) is 3. The highest BCUT2D eigenvalue weighted by Gasteiger charge is 2.13. The Morgan fingerprint density at radius 2 is 2.12 bits per heavy atom. The van der Waals surface area contributed by atoms with Gasteiger partial charge in [0.2, 0.25) is 5.95 Å². The van der Waals surface area contributed by atoms with Crippen LogP contribution < -0.4 is 5.73 Å². The summed E-state index contributed by atoms with van der Waals surface area (Å²) in [6, 6.07) is 6.50. The number of nitrogens with zero attached hydrogens (tertiary/aromatic N) is 2. The summed E-state index contributed by atoms with van der Waals surface area (Å²) < 4.78 is 15.1. The molecular formula is C12H14FN3O. The molecule has 0 radical (unpaired) electrons. The van der Waals surface area contributed by atoms with Gasteiger partial charge in [0.25, 0.3) is 0 Å². The van der Waals surface area contributed by atoms with Gasteiger partial charge in [-0.05, 0) is 31.5 Å². The van der Waals surface area contributed by atoms with Gasteiger partial charge in [0.05, 0.1) is 6.20 Å². The van der Waals surface area contributed by atoms with Gasteiger partial charge >= 0.3 is 0 Å². The van der Waals surface area contributed by atoms with Crippen molar-refractivity contribution >= 4 is 0 Å². The van der Waals surface area contributed by atoms with Crippen LogP contribution in [0.15, 0.2) is 30.5 Å². The Balaban J connectivity index is 2.34. The molecule has 1 aromatic carbocycles. The van der Waals surface area contributed by atoms with Crippen LogP contribution in [0.3, 0.4) is 0 Å². The topological polar surface area (TPSA) is 64.1 Å². The predicted molar refractivity (Wildman–Crippen MR) is 62.6 cm³/mol. The van der Waals surface area contributed by atoms with E-state index in [9.17, 15) is 9.50 Å². The predicted octanol–water partition coefficient (Wildman–Crippen LogP) is 1.61. The van der Waals surface area contributed by atoms with Gasteiger partial charge in [0.1, 0.15) is 11.4 Å². The Labute approximate surface area is 98.5 Å². The highest BCUT2D eigenvalue weighted by atomic mass is 19.1. The summed E-state index contributed by atoms with van der Waals surface area (Å²) >= 11 is 0. The molecule has 3 N–H and O–H groups in total. The van der Waals surface area contributed by atoms with Gasteiger partial charge in [0, 0.05) is 5.56 Å². The van der Waals surface area contributed by atoms with Crippen LogP contribution in [0.25, 0.3) is 5.69 Å². The van der Waals surface area contributed by atoms with Crippen molar-refractivity contribution in [2.75, 3.05) is 6.54 Å². The van der Waals surface area contributed by atoms with Crippen molar-refractivity contribution < 1.29 is 9.50 Å². The zero-order valence-electron chi connectivity index (χ0n) is 9.31. The average molecular weight is 235 g/mol. The van der Waals surface area contributed by atoms with E-state index < -0.39 is 5.95 Å². The quantitative estimate of drug-likeness (QED) is 0.846. The van der Waals surface area contributed by atoms with Crippen LogP contribution in [-0.4, -0.2) is 21.4 Å². The molecule has 2 rings (SSSR count). The van der Waals surface area contributed by atoms with Crippen LogP contribution in [0.5, 0.6) is 5.75 Å². The second kappa shape index (κ2) is 4.97. The molecule has 0 aliphatic heterocycles. The number of rotatable bonds is 4. The van der Waals surface area contributed by atoms with E-state index in [0.717, 1.165) is 4.68 Å². The highest BCUT2D eigenvalue weighted by Crippen LogP contribution is 2.22. The molecule has 0 aliphatic carbocycles. The van der Waals surface area contributed by atoms with Crippen molar-refractivity contribution in [3.05, 3.63) is 42.0 Å². The normalized spacial score (nSPS) is 10.7. The van der Waals surface area contributed by atoms with Gasteiger partial charge in [-0.3, -0.25) is 0 Å². The molecule has 1 aromatic heterocycles. The maximum Gasteiger partial charge on any atom is 0.219 e. The third-order valence-corrected chi connectivity index (χ3v) is 2.54. The fraction of sp³-hybridized carbons (Fsp3) is 0.250. The number of aromatic nitrogens is 2. The Morgan fingerprint density at radius 3 is 2.82 bits per heavy atom. The number of nitrogens with two attached hydrogens (primary N) is 1. The van der Waals surface area contributed by atoms with Crippen molar-refractivity contribution in [3.63, 3.8) is 0 Å². The van der Waals surface area contributed by atoms with Gasteiger partial charge in [-0.2, -0.15) is 9.49 Å². The van der Waals surface area contributed by atoms with Crippen molar-refractivity contribution in [2.45, 2.75) is 12.8 Å². The summed E-state index contributed by atoms with van der Waals surface area (Å²) in [4.78, 5) is 0. The van der Waals surface area contributed by atoms with E-state index in [4.69, 9.17) is 5.73 Å². The van der Waals surface area contributed by atoms with Crippen LogP contribution in [0, 0.1) is 5.95 Å². The van der Waals surface area contributed by atoms with E-state index in [2.05, 4.69) is 5.10 Å². The molecule has 1 heterocycles. The Bertz CT molecular complexity index is 510. The van der Waals surface area contributed by atoms with Gasteiger partial charge in [-0.1, -0.05) is 12.1 Å². The van der Waals surface area contributed by atoms with E-state index in [1.165, 1.54) is 12.3 Å². The van der Waals surface area contributed by atoms with Crippen molar-refractivity contribution in [2.24, 2.45) is 5.73 Å². The molecule has 0 saturated carbocycles. The molecule has 0 unspecified atom stereocenters. The van der Waals surface area contributed by atoms with Gasteiger partial charge in [-0.15, -0.1) is 0 Å². The molecule has 0 bridgehead atoms. The SMILES string of the molecule is NCCCc1cnn(-c2ccccc2O)c1F. The number of benzene rings is 1. The smallest absolute Gasteiger partial charge is 0.219 e. The summed E-state index contributed by atoms with van der Waals surface area (Å²) in [7, 11) is 0. The molecule has 0 aliphatic rings. The average Bonchev–Trinajstić information content (AvgIpc) is 2.69. The van der Waals surface area contributed by atoms with Crippen LogP contribution in [0.4, 0.5) is 4.39 Å². The molecule has 0 spiro atoms. The molecule has 0 atom stereocenters. The molecule has 17 heavy (non-hydrogen) atoms. The zero-order valence-corrected chi connectivity index (χ0v) is 9.31. The number of hydrogen-bond donors (Lipinski definition) is 2. The number of aryl methyl sites for hydroxylation is 1. The van der Waals surface area contributed by atoms with Gasteiger partial charge in [0.15, 0.2) is 0 Å². The van der Waals surface area contributed by atoms with E-state index in [1.807, 2.05) is 0 Å². The van der Waals surface area contributed by atoms with Gasteiger partial charge < -0.3 is 10.8 Å². The Hall–Kier alpha value is -1.88. The Morgan fingerprint density at radius 1 is 1.35 bits per heavy atom. The van der Waals surface area contributed by atoms with Crippen molar-refractivity contribution in [3.8, 4) is 11.4 Å². The second-order valence-electron chi connectivity index (χ2n) is 3.75. The first-order valence-corrected chi connectivity index (χ1v) is 5.45. The summed E-state index contributed by atoms with van der Waals surface area (Å²) in [6.45, 7) is 0.515. The highest BCUT2D eigenvalue weighted by molar-refractivity contribution is 5.45. The molecule has 4 nitrogen and oxygen atoms in total. The molecule has 0 amide bonds. The molecule has 0 saturated heterocycles. The zero-order chi connectivity index (χ0) is 12.3. The molecule has 90 valence electrons. The molecule has 2 aromatic rings. The van der Waals surface area contributed by atoms with Gasteiger partial charge in [-0.25, -0.2) is 4.68 Å². The van der Waals surface area contributed by atoms with Crippen molar-refractivity contribution in [1.29, 1.82) is 0 Å². The minimum absolute atomic E-state index is 0.000116. The lowest BCUT2D eigenvalue weighted by Crippen LogP contribution is -2.03. The summed E-state index contributed by atoms with van der Waals surface area (Å²) in [5.74, 6) is -0.445. The number of aromatic hydroxyl groups is 1. The van der Waals surface area contributed by atoms with E-state index >= 15 is 0 Å². The lowest BCUT2D eigenvalue weighted by Gasteiger charge is -2.04. The van der Waals surface area contributed by atoms with Crippen LogP contribution >= 0.6 is 0 Å². The summed E-state index contributed by atoms with van der Waals surface area (Å²) in [5.41, 5.74) is 6.23. The number of halogens is 1. The van der Waals surface area contributed by atoms with E-state index in [0.29, 0.717) is 30.6 Å². The molecule has 5 heteroatoms. The largest absolute Gasteiger partial charge is 0.506 e.